The second-order valence-corrected chi connectivity index (χ2v) is 10.8. The molecule has 5 N–H and O–H groups in total. The molecule has 11 nitrogen and oxygen atoms in total. The van der Waals surface area contributed by atoms with Gasteiger partial charge in [0.05, 0.1) is 42.6 Å². The molecule has 1 aliphatic rings. The number of methoxy groups -OCH3 is 1. The van der Waals surface area contributed by atoms with E-state index in [1.54, 1.807) is 29.3 Å². The zero-order valence-electron chi connectivity index (χ0n) is 23.6. The maximum absolute atomic E-state index is 13.2. The fourth-order valence-corrected chi connectivity index (χ4v) is 4.62. The van der Waals surface area contributed by atoms with Gasteiger partial charge in [0.1, 0.15) is 17.3 Å². The van der Waals surface area contributed by atoms with Crippen LogP contribution < -0.4 is 21.1 Å². The van der Waals surface area contributed by atoms with Gasteiger partial charge in [0.15, 0.2) is 0 Å². The van der Waals surface area contributed by atoms with Crippen LogP contribution in [0.3, 0.4) is 0 Å². The van der Waals surface area contributed by atoms with Gasteiger partial charge in [0.2, 0.25) is 5.91 Å². The van der Waals surface area contributed by atoms with Crippen LogP contribution in [0.15, 0.2) is 34.9 Å². The summed E-state index contributed by atoms with van der Waals surface area (Å²) in [6.45, 7) is 8.72. The molecule has 3 aromatic rings. The molecule has 2 amide bonds. The van der Waals surface area contributed by atoms with E-state index >= 15 is 0 Å². The van der Waals surface area contributed by atoms with Crippen LogP contribution in [0.2, 0.25) is 0 Å². The standard InChI is InChI=1S/C29H39N5O6/c1-18(39-14-9-29(2,3)30)15-24(35)32-16-19-5-7-22(40-19)20-6-8-23(38-4)25-21(17-33-26(20)25)27(36)28(37)34-12-10-31-11-13-34/h5-8,17-18,31,33H,9-16,30H2,1-4H3,(H,32,35). The van der Waals surface area contributed by atoms with Crippen LogP contribution in [-0.4, -0.2) is 79.0 Å². The molecule has 40 heavy (non-hydrogen) atoms. The zero-order valence-corrected chi connectivity index (χ0v) is 23.6. The highest BCUT2D eigenvalue weighted by molar-refractivity contribution is 6.45. The first-order valence-corrected chi connectivity index (χ1v) is 13.6. The molecular weight excluding hydrogens is 514 g/mol. The number of furan rings is 1. The number of rotatable bonds is 12. The summed E-state index contributed by atoms with van der Waals surface area (Å²) < 4.78 is 17.3. The van der Waals surface area contributed by atoms with Crippen molar-refractivity contribution in [3.8, 4) is 17.1 Å². The van der Waals surface area contributed by atoms with Crippen molar-refractivity contribution >= 4 is 28.5 Å². The van der Waals surface area contributed by atoms with E-state index in [9.17, 15) is 14.4 Å². The van der Waals surface area contributed by atoms with Gasteiger partial charge in [-0.3, -0.25) is 14.4 Å². The van der Waals surface area contributed by atoms with Gasteiger partial charge < -0.3 is 40.1 Å². The predicted octanol–water partition coefficient (Wildman–Crippen LogP) is 2.59. The second-order valence-electron chi connectivity index (χ2n) is 10.8. The lowest BCUT2D eigenvalue weighted by atomic mass is 10.0. The quantitative estimate of drug-likeness (QED) is 0.197. The van der Waals surface area contributed by atoms with E-state index in [0.717, 1.165) is 0 Å². The summed E-state index contributed by atoms with van der Waals surface area (Å²) in [6.07, 6.45) is 2.24. The number of aromatic amines is 1. The molecule has 1 saturated heterocycles. The van der Waals surface area contributed by atoms with E-state index < -0.39 is 11.7 Å². The van der Waals surface area contributed by atoms with Crippen LogP contribution in [0.5, 0.6) is 5.75 Å². The molecule has 2 aromatic heterocycles. The molecule has 3 heterocycles. The number of fused-ring (bicyclic) bond motifs is 1. The molecule has 1 unspecified atom stereocenters. The first-order valence-electron chi connectivity index (χ1n) is 13.6. The molecule has 0 aliphatic carbocycles. The van der Waals surface area contributed by atoms with Gasteiger partial charge in [-0.25, -0.2) is 0 Å². The Kier molecular flexibility index (Phi) is 9.28. The third-order valence-corrected chi connectivity index (χ3v) is 6.87. The fraction of sp³-hybridized carbons (Fsp3) is 0.483. The second kappa shape index (κ2) is 12.7. The number of aromatic nitrogens is 1. The largest absolute Gasteiger partial charge is 0.496 e. The highest BCUT2D eigenvalue weighted by Crippen LogP contribution is 2.37. The Hall–Kier alpha value is -3.67. The summed E-state index contributed by atoms with van der Waals surface area (Å²) in [5, 5.41) is 6.56. The van der Waals surface area contributed by atoms with Gasteiger partial charge >= 0.3 is 0 Å². The highest BCUT2D eigenvalue weighted by Gasteiger charge is 2.28. The molecule has 1 fully saturated rings. The lowest BCUT2D eigenvalue weighted by molar-refractivity contribution is -0.127. The Morgan fingerprint density at radius 2 is 1.93 bits per heavy atom. The summed E-state index contributed by atoms with van der Waals surface area (Å²) in [7, 11) is 1.52. The minimum absolute atomic E-state index is 0.147. The van der Waals surface area contributed by atoms with Gasteiger partial charge in [-0.15, -0.1) is 0 Å². The average Bonchev–Trinajstić information content (AvgIpc) is 3.58. The fourth-order valence-electron chi connectivity index (χ4n) is 4.62. The zero-order chi connectivity index (χ0) is 28.9. The van der Waals surface area contributed by atoms with Crippen molar-refractivity contribution in [2.24, 2.45) is 5.73 Å². The number of amides is 2. The first kappa shape index (κ1) is 29.3. The van der Waals surface area contributed by atoms with Gasteiger partial charge in [-0.05, 0) is 51.5 Å². The minimum atomic E-state index is -0.587. The van der Waals surface area contributed by atoms with Gasteiger partial charge in [-0.2, -0.15) is 0 Å². The maximum Gasteiger partial charge on any atom is 0.295 e. The number of Topliss-reactive ketones (excluding diaryl/α,β-unsaturated/α-hetero) is 1. The maximum atomic E-state index is 13.2. The molecule has 4 rings (SSSR count). The Bertz CT molecular complexity index is 1350. The predicted molar refractivity (Wildman–Crippen MR) is 151 cm³/mol. The SMILES string of the molecule is COc1ccc(-c2ccc(CNC(=O)CC(C)OCCC(C)(C)N)o2)c2[nH]cc(C(=O)C(=O)N3CCNCC3)c12. The van der Waals surface area contributed by atoms with Gasteiger partial charge in [0.25, 0.3) is 11.7 Å². The number of nitrogens with two attached hydrogens (primary N) is 1. The number of nitrogens with one attached hydrogen (secondary N) is 3. The van der Waals surface area contributed by atoms with E-state index in [1.165, 1.54) is 7.11 Å². The first-order chi connectivity index (χ1) is 19.1. The number of nitrogens with zero attached hydrogens (tertiary/aromatic N) is 1. The van der Waals surface area contributed by atoms with Crippen LogP contribution >= 0.6 is 0 Å². The van der Waals surface area contributed by atoms with Crippen LogP contribution in [0.25, 0.3) is 22.2 Å². The summed E-state index contributed by atoms with van der Waals surface area (Å²) in [6, 6.07) is 7.16. The molecule has 1 aromatic carbocycles. The van der Waals surface area contributed by atoms with E-state index in [4.69, 9.17) is 19.6 Å². The molecule has 1 aliphatic heterocycles. The van der Waals surface area contributed by atoms with Crippen LogP contribution in [0, 0.1) is 0 Å². The molecule has 216 valence electrons. The van der Waals surface area contributed by atoms with Crippen molar-refractivity contribution in [3.05, 3.63) is 41.8 Å². The number of piperazine rings is 1. The number of ketones is 1. The van der Waals surface area contributed by atoms with Crippen molar-refractivity contribution in [1.29, 1.82) is 0 Å². The molecule has 0 saturated carbocycles. The summed E-state index contributed by atoms with van der Waals surface area (Å²) in [4.78, 5) is 43.2. The Morgan fingerprint density at radius 3 is 2.62 bits per heavy atom. The van der Waals surface area contributed by atoms with E-state index in [0.29, 0.717) is 72.9 Å². The minimum Gasteiger partial charge on any atom is -0.496 e. The van der Waals surface area contributed by atoms with Crippen LogP contribution in [-0.2, 0) is 20.9 Å². The third-order valence-electron chi connectivity index (χ3n) is 6.87. The molecule has 0 radical (unpaired) electrons. The van der Waals surface area contributed by atoms with Crippen molar-refractivity contribution in [2.45, 2.75) is 51.8 Å². The third kappa shape index (κ3) is 7.09. The number of hydrogen-bond donors (Lipinski definition) is 4. The number of carbonyl (C=O) groups is 3. The molecule has 0 spiro atoms. The van der Waals surface area contributed by atoms with Crippen molar-refractivity contribution < 1.29 is 28.3 Å². The number of hydrogen-bond acceptors (Lipinski definition) is 8. The van der Waals surface area contributed by atoms with E-state index in [2.05, 4.69) is 15.6 Å². The smallest absolute Gasteiger partial charge is 0.295 e. The number of H-pyrrole nitrogens is 1. The Balaban J connectivity index is 1.44. The normalized spacial score (nSPS) is 14.8. The number of ether oxygens (including phenoxy) is 2. The monoisotopic (exact) mass is 553 g/mol. The lowest BCUT2D eigenvalue weighted by Gasteiger charge is -2.26. The van der Waals surface area contributed by atoms with E-state index in [1.807, 2.05) is 26.8 Å². The summed E-state index contributed by atoms with van der Waals surface area (Å²) in [5.74, 6) is 0.327. The number of carbonyl (C=O) groups excluding carboxylic acids is 3. The van der Waals surface area contributed by atoms with Crippen molar-refractivity contribution in [2.75, 3.05) is 39.9 Å². The molecule has 11 heteroatoms. The number of benzene rings is 1. The Morgan fingerprint density at radius 1 is 1.18 bits per heavy atom. The highest BCUT2D eigenvalue weighted by atomic mass is 16.5. The topological polar surface area (TPSA) is 152 Å². The Labute approximate surface area is 233 Å². The van der Waals surface area contributed by atoms with Crippen LogP contribution in [0.1, 0.15) is 49.7 Å². The van der Waals surface area contributed by atoms with E-state index in [-0.39, 0.29) is 36.1 Å². The van der Waals surface area contributed by atoms with Crippen molar-refractivity contribution in [1.82, 2.24) is 20.5 Å². The average molecular weight is 554 g/mol. The summed E-state index contributed by atoms with van der Waals surface area (Å²) >= 11 is 0. The molecule has 1 atom stereocenters. The lowest BCUT2D eigenvalue weighted by Crippen LogP contribution is -2.48. The van der Waals surface area contributed by atoms with Crippen LogP contribution in [0.4, 0.5) is 0 Å². The molecule has 0 bridgehead atoms. The summed E-state index contributed by atoms with van der Waals surface area (Å²) in [5.41, 5.74) is 7.23. The van der Waals surface area contributed by atoms with Gasteiger partial charge in [-0.1, -0.05) is 0 Å². The van der Waals surface area contributed by atoms with Gasteiger partial charge in [0, 0.05) is 50.1 Å². The molecular formula is C29H39N5O6. The van der Waals surface area contributed by atoms with Crippen molar-refractivity contribution in [3.63, 3.8) is 0 Å².